The topological polar surface area (TPSA) is 101 Å². The van der Waals surface area contributed by atoms with E-state index >= 15 is 0 Å². The molecule has 7 rings (SSSR count). The maximum Gasteiger partial charge on any atom is 0.324 e. The Bertz CT molecular complexity index is 1530. The second-order valence-electron chi connectivity index (χ2n) is 9.88. The van der Waals surface area contributed by atoms with Crippen molar-refractivity contribution in [2.75, 3.05) is 54.5 Å². The zero-order valence-electron chi connectivity index (χ0n) is 19.3. The lowest BCUT2D eigenvalue weighted by molar-refractivity contribution is -0.127. The minimum atomic E-state index is -2.76. The van der Waals surface area contributed by atoms with Gasteiger partial charge in [-0.2, -0.15) is 10.1 Å². The molecule has 10 nitrogen and oxygen atoms in total. The lowest BCUT2D eigenvalue weighted by atomic mass is 9.78. The smallest absolute Gasteiger partial charge is 0.324 e. The van der Waals surface area contributed by atoms with Crippen LogP contribution in [0.25, 0.3) is 16.9 Å². The molecule has 0 unspecified atom stereocenters. The number of hydrogen-bond donors (Lipinski definition) is 1. The molecule has 0 saturated carbocycles. The minimum absolute atomic E-state index is 0.0153. The van der Waals surface area contributed by atoms with Gasteiger partial charge in [0.1, 0.15) is 0 Å². The van der Waals surface area contributed by atoms with Crippen LogP contribution in [-0.2, 0) is 4.74 Å². The highest BCUT2D eigenvalue weighted by Crippen LogP contribution is 2.40. The first-order chi connectivity index (χ1) is 17.8. The normalized spacial score (nSPS) is 19.4. The Morgan fingerprint density at radius 3 is 2.62 bits per heavy atom. The van der Waals surface area contributed by atoms with Crippen LogP contribution in [0.3, 0.4) is 0 Å². The van der Waals surface area contributed by atoms with Gasteiger partial charge in [0, 0.05) is 30.5 Å². The summed E-state index contributed by atoms with van der Waals surface area (Å²) in [4.78, 5) is 21.0. The summed E-state index contributed by atoms with van der Waals surface area (Å²) in [7, 11) is 0. The lowest BCUT2D eigenvalue weighted by Gasteiger charge is -2.56. The molecule has 0 radical (unpaired) electrons. The predicted molar refractivity (Wildman–Crippen MR) is 131 cm³/mol. The van der Waals surface area contributed by atoms with E-state index < -0.39 is 19.0 Å². The molecular weight excluding hydrogens is 508 g/mol. The summed E-state index contributed by atoms with van der Waals surface area (Å²) in [5.41, 5.74) is 3.21. The average molecular weight is 528 g/mol. The molecule has 3 aliphatic rings. The number of amides is 1. The second kappa shape index (κ2) is 7.86. The van der Waals surface area contributed by atoms with Crippen LogP contribution in [0.2, 0.25) is 5.02 Å². The van der Waals surface area contributed by atoms with Crippen LogP contribution in [0.4, 0.5) is 26.2 Å². The van der Waals surface area contributed by atoms with Gasteiger partial charge in [0.2, 0.25) is 5.82 Å². The molecule has 0 bridgehead atoms. The number of hydrogen-bond acceptors (Lipinski definition) is 8. The molecular formula is C24H20ClF2N7O3. The van der Waals surface area contributed by atoms with E-state index in [1.54, 1.807) is 22.7 Å². The minimum Gasteiger partial charge on any atom is -0.380 e. The van der Waals surface area contributed by atoms with E-state index in [4.69, 9.17) is 20.9 Å². The third kappa shape index (κ3) is 3.78. The van der Waals surface area contributed by atoms with Crippen LogP contribution in [0.5, 0.6) is 0 Å². The summed E-state index contributed by atoms with van der Waals surface area (Å²) in [6.45, 7) is 2.52. The number of aromatic nitrogens is 4. The van der Waals surface area contributed by atoms with Gasteiger partial charge in [0.15, 0.2) is 0 Å². The molecule has 3 aliphatic heterocycles. The maximum atomic E-state index is 13.2. The van der Waals surface area contributed by atoms with Crippen molar-refractivity contribution in [2.45, 2.75) is 5.92 Å². The third-order valence-corrected chi connectivity index (χ3v) is 7.32. The second-order valence-corrected chi connectivity index (χ2v) is 10.3. The first kappa shape index (κ1) is 22.4. The number of nitrogens with one attached hydrogen (secondary N) is 1. The molecule has 1 aromatic carbocycles. The number of pyridine rings is 1. The summed E-state index contributed by atoms with van der Waals surface area (Å²) >= 11 is 6.36. The number of ether oxygens (including phenoxy) is 1. The maximum absolute atomic E-state index is 13.2. The molecule has 3 saturated heterocycles. The Balaban J connectivity index is 1.11. The fourth-order valence-corrected chi connectivity index (χ4v) is 5.08. The van der Waals surface area contributed by atoms with Gasteiger partial charge in [-0.3, -0.25) is 4.79 Å². The van der Waals surface area contributed by atoms with Crippen LogP contribution >= 0.6 is 11.6 Å². The van der Waals surface area contributed by atoms with Crippen LogP contribution in [0.1, 0.15) is 10.4 Å². The van der Waals surface area contributed by atoms with E-state index in [9.17, 15) is 13.6 Å². The van der Waals surface area contributed by atoms with Crippen LogP contribution in [0.15, 0.2) is 47.2 Å². The number of anilines is 3. The Morgan fingerprint density at radius 2 is 1.89 bits per heavy atom. The van der Waals surface area contributed by atoms with Gasteiger partial charge in [-0.25, -0.2) is 13.3 Å². The SMILES string of the molecule is O=C(Nc1cc(-c2noc(N3CC(F)(F)C3)n2)ccc1Cl)c1cnn2ccc(N3CC4(COC4)C3)cc12. The molecule has 6 heterocycles. The molecule has 190 valence electrons. The fourth-order valence-electron chi connectivity index (χ4n) is 4.92. The summed E-state index contributed by atoms with van der Waals surface area (Å²) < 4.78 is 38.5. The molecule has 1 amide bonds. The molecule has 3 fully saturated rings. The van der Waals surface area contributed by atoms with E-state index in [-0.39, 0.29) is 23.2 Å². The Labute approximate surface area is 213 Å². The average Bonchev–Trinajstić information content (AvgIpc) is 3.44. The molecule has 4 aromatic rings. The summed E-state index contributed by atoms with van der Waals surface area (Å²) in [5.74, 6) is -2.94. The Morgan fingerprint density at radius 1 is 1.08 bits per heavy atom. The fraction of sp³-hybridized carbons (Fsp3) is 0.333. The van der Waals surface area contributed by atoms with Crippen LogP contribution in [0, 0.1) is 5.41 Å². The van der Waals surface area contributed by atoms with Gasteiger partial charge < -0.3 is 24.4 Å². The summed E-state index contributed by atoms with van der Waals surface area (Å²) in [6, 6.07) is 8.81. The quantitative estimate of drug-likeness (QED) is 0.420. The van der Waals surface area contributed by atoms with Gasteiger partial charge in [-0.15, -0.1) is 0 Å². The summed E-state index contributed by atoms with van der Waals surface area (Å²) in [5, 5.41) is 11.3. The molecule has 13 heteroatoms. The van der Waals surface area contributed by atoms with E-state index in [1.165, 1.54) is 11.1 Å². The van der Waals surface area contributed by atoms with Crippen LogP contribution < -0.4 is 15.1 Å². The molecule has 1 N–H and O–H groups in total. The first-order valence-corrected chi connectivity index (χ1v) is 12.0. The van der Waals surface area contributed by atoms with Gasteiger partial charge in [-0.1, -0.05) is 16.8 Å². The largest absolute Gasteiger partial charge is 0.380 e. The number of rotatable bonds is 5. The van der Waals surface area contributed by atoms with Crippen molar-refractivity contribution in [1.29, 1.82) is 0 Å². The van der Waals surface area contributed by atoms with Gasteiger partial charge in [0.05, 0.1) is 59.7 Å². The van der Waals surface area contributed by atoms with Crippen molar-refractivity contribution >= 4 is 40.4 Å². The predicted octanol–water partition coefficient (Wildman–Crippen LogP) is 3.58. The Hall–Kier alpha value is -3.77. The van der Waals surface area contributed by atoms with Crippen molar-refractivity contribution in [1.82, 2.24) is 19.8 Å². The Kier molecular flexibility index (Phi) is 4.77. The molecule has 0 atom stereocenters. The van der Waals surface area contributed by atoms with E-state index in [0.717, 1.165) is 32.0 Å². The lowest BCUT2D eigenvalue weighted by Crippen LogP contribution is -2.66. The van der Waals surface area contributed by atoms with Gasteiger partial charge >= 0.3 is 6.01 Å². The molecule has 1 spiro atoms. The van der Waals surface area contributed by atoms with Crippen molar-refractivity contribution in [3.05, 3.63) is 53.3 Å². The van der Waals surface area contributed by atoms with E-state index in [1.807, 2.05) is 18.3 Å². The molecule has 0 aliphatic carbocycles. The number of benzene rings is 1. The standard InChI is InChI=1S/C24H20ClF2N7O3/c25-17-2-1-14(20-30-22(37-31-20)33-10-24(26,27)11-33)5-18(17)29-21(35)16-7-28-34-4-3-15(6-19(16)34)32-8-23(9-32)12-36-13-23/h1-7H,8-13H2,(H,29,35). The van der Waals surface area contributed by atoms with Crippen LogP contribution in [-0.4, -0.2) is 71.0 Å². The van der Waals surface area contributed by atoms with Crippen molar-refractivity contribution in [3.63, 3.8) is 0 Å². The highest BCUT2D eigenvalue weighted by Gasteiger charge is 2.49. The zero-order chi connectivity index (χ0) is 25.4. The van der Waals surface area contributed by atoms with Gasteiger partial charge in [-0.05, 0) is 30.3 Å². The summed E-state index contributed by atoms with van der Waals surface area (Å²) in [6.07, 6.45) is 3.34. The number of carbonyl (C=O) groups excluding carboxylic acids is 1. The highest BCUT2D eigenvalue weighted by molar-refractivity contribution is 6.34. The number of nitrogens with zero attached hydrogens (tertiary/aromatic N) is 6. The van der Waals surface area contributed by atoms with Crippen molar-refractivity contribution in [3.8, 4) is 11.4 Å². The highest BCUT2D eigenvalue weighted by atomic mass is 35.5. The molecule has 3 aromatic heterocycles. The molecule has 37 heavy (non-hydrogen) atoms. The van der Waals surface area contributed by atoms with Crippen molar-refractivity contribution < 1.29 is 22.8 Å². The number of fused-ring (bicyclic) bond motifs is 1. The van der Waals surface area contributed by atoms with Crippen molar-refractivity contribution in [2.24, 2.45) is 5.41 Å². The first-order valence-electron chi connectivity index (χ1n) is 11.7. The van der Waals surface area contributed by atoms with Gasteiger partial charge in [0.25, 0.3) is 11.8 Å². The number of alkyl halides is 2. The monoisotopic (exact) mass is 527 g/mol. The number of halogens is 3. The van der Waals surface area contributed by atoms with E-state index in [0.29, 0.717) is 27.4 Å². The number of carbonyl (C=O) groups is 1. The third-order valence-electron chi connectivity index (χ3n) is 6.99. The van der Waals surface area contributed by atoms with E-state index in [2.05, 4.69) is 25.5 Å². The zero-order valence-corrected chi connectivity index (χ0v) is 20.1.